The number of hydrogen-bond acceptors (Lipinski definition) is 3. The molecule has 1 unspecified atom stereocenters. The molecule has 1 heterocycles. The van der Waals surface area contributed by atoms with Gasteiger partial charge in [-0.2, -0.15) is 20.5 Å². The standard InChI is InChI=1S/C21H30F2O2S/c1-3-5-14-6-10-17(11-7-14)26-13-16-9-8-15-12-18(24-4-2)19(22)20(23)21(15)25-16/h12,14,16-17H,3-11,13H2,1-2H3. The Labute approximate surface area is 160 Å². The van der Waals surface area contributed by atoms with Gasteiger partial charge >= 0.3 is 0 Å². The van der Waals surface area contributed by atoms with Crippen LogP contribution in [0.5, 0.6) is 11.5 Å². The van der Waals surface area contributed by atoms with Crippen LogP contribution in [0.2, 0.25) is 0 Å². The summed E-state index contributed by atoms with van der Waals surface area (Å²) in [6.45, 7) is 4.34. The summed E-state index contributed by atoms with van der Waals surface area (Å²) in [7, 11) is 0. The number of rotatable bonds is 7. The van der Waals surface area contributed by atoms with Crippen LogP contribution in [0.3, 0.4) is 0 Å². The van der Waals surface area contributed by atoms with Gasteiger partial charge in [0.15, 0.2) is 11.5 Å². The van der Waals surface area contributed by atoms with E-state index in [1.54, 1.807) is 13.0 Å². The SMILES string of the molecule is CCCC1CCC(SCC2CCc3cc(OCC)c(F)c(F)c3O2)CC1. The lowest BCUT2D eigenvalue weighted by Crippen LogP contribution is -2.28. The Morgan fingerprint density at radius 2 is 1.88 bits per heavy atom. The van der Waals surface area contributed by atoms with Crippen molar-refractivity contribution in [3.05, 3.63) is 23.3 Å². The topological polar surface area (TPSA) is 18.5 Å². The van der Waals surface area contributed by atoms with E-state index in [0.717, 1.165) is 18.1 Å². The van der Waals surface area contributed by atoms with Crippen molar-refractivity contribution in [2.24, 2.45) is 5.92 Å². The van der Waals surface area contributed by atoms with Gasteiger partial charge in [-0.1, -0.05) is 19.8 Å². The van der Waals surface area contributed by atoms with E-state index in [-0.39, 0.29) is 17.6 Å². The van der Waals surface area contributed by atoms with Crippen LogP contribution in [-0.2, 0) is 6.42 Å². The molecule has 2 aliphatic rings. The molecule has 2 nitrogen and oxygen atoms in total. The average Bonchev–Trinajstić information content (AvgIpc) is 2.66. The summed E-state index contributed by atoms with van der Waals surface area (Å²) in [6, 6.07) is 1.59. The van der Waals surface area contributed by atoms with Crippen molar-refractivity contribution >= 4 is 11.8 Å². The van der Waals surface area contributed by atoms with Gasteiger partial charge in [-0.3, -0.25) is 0 Å². The van der Waals surface area contributed by atoms with E-state index in [1.165, 1.54) is 38.5 Å². The van der Waals surface area contributed by atoms with Gasteiger partial charge in [-0.15, -0.1) is 0 Å². The predicted octanol–water partition coefficient (Wildman–Crippen LogP) is 6.15. The minimum absolute atomic E-state index is 0.0102. The van der Waals surface area contributed by atoms with Crippen molar-refractivity contribution in [2.45, 2.75) is 76.6 Å². The predicted molar refractivity (Wildman–Crippen MR) is 103 cm³/mol. The molecule has 1 aliphatic carbocycles. The third-order valence-electron chi connectivity index (χ3n) is 5.53. The molecular formula is C21H30F2O2S. The first kappa shape index (κ1) is 19.8. The Kier molecular flexibility index (Phi) is 7.07. The summed E-state index contributed by atoms with van der Waals surface area (Å²) in [5.41, 5.74) is 0.716. The number of halogens is 2. The average molecular weight is 385 g/mol. The highest BCUT2D eigenvalue weighted by Crippen LogP contribution is 2.39. The van der Waals surface area contributed by atoms with E-state index in [4.69, 9.17) is 9.47 Å². The molecule has 3 rings (SSSR count). The second-order valence-electron chi connectivity index (χ2n) is 7.47. The number of benzene rings is 1. The van der Waals surface area contributed by atoms with Crippen LogP contribution < -0.4 is 9.47 Å². The van der Waals surface area contributed by atoms with Crippen LogP contribution in [0.4, 0.5) is 8.78 Å². The summed E-state index contributed by atoms with van der Waals surface area (Å²) in [5, 5.41) is 0.690. The summed E-state index contributed by atoms with van der Waals surface area (Å²) >= 11 is 1.95. The molecule has 0 saturated heterocycles. The van der Waals surface area contributed by atoms with Crippen LogP contribution >= 0.6 is 11.8 Å². The number of thioether (sulfide) groups is 1. The van der Waals surface area contributed by atoms with Gasteiger partial charge in [0.1, 0.15) is 6.10 Å². The highest BCUT2D eigenvalue weighted by atomic mass is 32.2. The van der Waals surface area contributed by atoms with E-state index in [2.05, 4.69) is 6.92 Å². The van der Waals surface area contributed by atoms with E-state index >= 15 is 0 Å². The Bertz CT molecular complexity index is 600. The smallest absolute Gasteiger partial charge is 0.204 e. The van der Waals surface area contributed by atoms with Crippen LogP contribution in [-0.4, -0.2) is 23.7 Å². The first-order valence-electron chi connectivity index (χ1n) is 10.0. The lowest BCUT2D eigenvalue weighted by molar-refractivity contribution is 0.182. The zero-order valence-corrected chi connectivity index (χ0v) is 16.7. The van der Waals surface area contributed by atoms with Crippen molar-refractivity contribution in [1.29, 1.82) is 0 Å². The number of ether oxygens (including phenoxy) is 2. The molecule has 0 bridgehead atoms. The molecular weight excluding hydrogens is 354 g/mol. The van der Waals surface area contributed by atoms with Crippen LogP contribution in [0, 0.1) is 17.6 Å². The Morgan fingerprint density at radius 3 is 2.58 bits per heavy atom. The summed E-state index contributed by atoms with van der Waals surface area (Å²) in [5.74, 6) is 0.00945. The van der Waals surface area contributed by atoms with Crippen molar-refractivity contribution in [3.63, 3.8) is 0 Å². The van der Waals surface area contributed by atoms with E-state index in [0.29, 0.717) is 23.8 Å². The van der Waals surface area contributed by atoms with Gasteiger partial charge in [0.25, 0.3) is 0 Å². The molecule has 146 valence electrons. The molecule has 1 aromatic carbocycles. The highest BCUT2D eigenvalue weighted by Gasteiger charge is 2.29. The van der Waals surface area contributed by atoms with Gasteiger partial charge in [0, 0.05) is 16.6 Å². The largest absolute Gasteiger partial charge is 0.491 e. The second kappa shape index (κ2) is 9.29. The Morgan fingerprint density at radius 1 is 1.12 bits per heavy atom. The molecule has 0 aromatic heterocycles. The van der Waals surface area contributed by atoms with Crippen molar-refractivity contribution in [2.75, 3.05) is 12.4 Å². The lowest BCUT2D eigenvalue weighted by atomic mass is 9.86. The van der Waals surface area contributed by atoms with Crippen LogP contribution in [0.25, 0.3) is 0 Å². The van der Waals surface area contributed by atoms with Gasteiger partial charge in [0.2, 0.25) is 11.6 Å². The highest BCUT2D eigenvalue weighted by molar-refractivity contribution is 7.99. The molecule has 26 heavy (non-hydrogen) atoms. The number of fused-ring (bicyclic) bond motifs is 1. The monoisotopic (exact) mass is 384 g/mol. The molecule has 0 N–H and O–H groups in total. The summed E-state index contributed by atoms with van der Waals surface area (Å²) in [4.78, 5) is 0. The van der Waals surface area contributed by atoms with Crippen LogP contribution in [0.15, 0.2) is 6.07 Å². The lowest BCUT2D eigenvalue weighted by Gasteiger charge is -2.31. The molecule has 0 radical (unpaired) electrons. The first-order chi connectivity index (χ1) is 12.6. The molecule has 1 saturated carbocycles. The summed E-state index contributed by atoms with van der Waals surface area (Å²) in [6.07, 6.45) is 9.38. The quantitative estimate of drug-likeness (QED) is 0.562. The maximum atomic E-state index is 14.4. The van der Waals surface area contributed by atoms with Gasteiger partial charge in [-0.25, -0.2) is 0 Å². The molecule has 1 aliphatic heterocycles. The molecule has 1 aromatic rings. The van der Waals surface area contributed by atoms with E-state index < -0.39 is 11.6 Å². The molecule has 1 atom stereocenters. The third-order valence-corrected chi connectivity index (χ3v) is 7.04. The Balaban J connectivity index is 1.53. The fourth-order valence-corrected chi connectivity index (χ4v) is 5.43. The molecule has 1 fully saturated rings. The maximum absolute atomic E-state index is 14.4. The minimum Gasteiger partial charge on any atom is -0.491 e. The minimum atomic E-state index is -0.937. The zero-order valence-electron chi connectivity index (χ0n) is 15.9. The molecule has 0 amide bonds. The van der Waals surface area contributed by atoms with Crippen molar-refractivity contribution in [1.82, 2.24) is 0 Å². The van der Waals surface area contributed by atoms with E-state index in [9.17, 15) is 8.78 Å². The van der Waals surface area contributed by atoms with Crippen molar-refractivity contribution < 1.29 is 18.3 Å². The van der Waals surface area contributed by atoms with E-state index in [1.807, 2.05) is 11.8 Å². The first-order valence-corrected chi connectivity index (χ1v) is 11.1. The van der Waals surface area contributed by atoms with Gasteiger partial charge < -0.3 is 9.47 Å². The number of aryl methyl sites for hydroxylation is 1. The third kappa shape index (κ3) is 4.65. The Hall–Kier alpha value is -0.970. The van der Waals surface area contributed by atoms with Gasteiger partial charge in [-0.05, 0) is 57.4 Å². The second-order valence-corrected chi connectivity index (χ2v) is 8.80. The number of hydrogen-bond donors (Lipinski definition) is 0. The molecule has 5 heteroatoms. The molecule has 0 spiro atoms. The normalized spacial score (nSPS) is 25.5. The maximum Gasteiger partial charge on any atom is 0.204 e. The van der Waals surface area contributed by atoms with Gasteiger partial charge in [0.05, 0.1) is 6.61 Å². The zero-order chi connectivity index (χ0) is 18.5. The fraction of sp³-hybridized carbons (Fsp3) is 0.714. The van der Waals surface area contributed by atoms with Crippen LogP contribution in [0.1, 0.15) is 64.4 Å². The summed E-state index contributed by atoms with van der Waals surface area (Å²) < 4.78 is 39.5. The fourth-order valence-electron chi connectivity index (χ4n) is 4.11. The van der Waals surface area contributed by atoms with Crippen molar-refractivity contribution in [3.8, 4) is 11.5 Å².